The van der Waals surface area contributed by atoms with Crippen LogP contribution in [0.5, 0.6) is 11.5 Å². The van der Waals surface area contributed by atoms with Crippen molar-refractivity contribution in [1.29, 1.82) is 0 Å². The number of piperazine rings is 1. The topological polar surface area (TPSA) is 96.3 Å². The predicted molar refractivity (Wildman–Crippen MR) is 193 cm³/mol. The maximum Gasteiger partial charge on any atom is 0.258 e. The van der Waals surface area contributed by atoms with E-state index in [0.717, 1.165) is 61.2 Å². The number of benzene rings is 3. The Bertz CT molecular complexity index is 1810. The smallest absolute Gasteiger partial charge is 0.258 e. The minimum Gasteiger partial charge on any atom is -0.495 e. The van der Waals surface area contributed by atoms with E-state index < -0.39 is 0 Å². The van der Waals surface area contributed by atoms with Gasteiger partial charge in [0.2, 0.25) is 0 Å². The summed E-state index contributed by atoms with van der Waals surface area (Å²) in [5.41, 5.74) is 4.75. The number of allylic oxidation sites excluding steroid dienone is 1. The average Bonchev–Trinajstić information content (AvgIpc) is 3.47. The Balaban J connectivity index is 0.00000520. The zero-order valence-corrected chi connectivity index (χ0v) is 29.1. The van der Waals surface area contributed by atoms with E-state index in [1.165, 1.54) is 7.11 Å². The first-order chi connectivity index (χ1) is 22.7. The average molecular weight is 674 g/mol. The normalized spacial score (nSPS) is 13.0. The van der Waals surface area contributed by atoms with Crippen LogP contribution in [0.3, 0.4) is 0 Å². The summed E-state index contributed by atoms with van der Waals surface area (Å²) in [5.74, 6) is 2.61. The van der Waals surface area contributed by atoms with Crippen LogP contribution >= 0.6 is 12.4 Å². The third kappa shape index (κ3) is 8.20. The molecule has 0 saturated carbocycles. The van der Waals surface area contributed by atoms with E-state index in [1.807, 2.05) is 61.1 Å². The van der Waals surface area contributed by atoms with Gasteiger partial charge in [0.05, 0.1) is 30.8 Å². The summed E-state index contributed by atoms with van der Waals surface area (Å²) in [6.07, 6.45) is 4.14. The van der Waals surface area contributed by atoms with Gasteiger partial charge in [-0.1, -0.05) is 12.1 Å². The van der Waals surface area contributed by atoms with E-state index in [1.54, 1.807) is 36.2 Å². The van der Waals surface area contributed by atoms with Crippen molar-refractivity contribution >= 4 is 52.4 Å². The second-order valence-electron chi connectivity index (χ2n) is 12.0. The molecule has 3 aromatic carbocycles. The molecule has 1 aliphatic rings. The fourth-order valence-electron chi connectivity index (χ4n) is 5.86. The van der Waals surface area contributed by atoms with E-state index in [2.05, 4.69) is 28.1 Å². The van der Waals surface area contributed by atoms with Gasteiger partial charge in [0.25, 0.3) is 11.8 Å². The molecule has 0 bridgehead atoms. The monoisotopic (exact) mass is 673 g/mol. The fraction of sp³-hybridized carbons (Fsp3) is 0.351. The molecule has 0 aliphatic carbocycles. The number of amides is 2. The Morgan fingerprint density at radius 1 is 0.958 bits per heavy atom. The Morgan fingerprint density at radius 3 is 2.46 bits per heavy atom. The van der Waals surface area contributed by atoms with Crippen molar-refractivity contribution in [3.63, 3.8) is 0 Å². The van der Waals surface area contributed by atoms with E-state index in [9.17, 15) is 14.4 Å². The molecule has 254 valence electrons. The highest BCUT2D eigenvalue weighted by molar-refractivity contribution is 6.13. The summed E-state index contributed by atoms with van der Waals surface area (Å²) in [4.78, 5) is 44.5. The Labute approximate surface area is 288 Å². The van der Waals surface area contributed by atoms with Crippen LogP contribution in [-0.2, 0) is 11.8 Å². The molecule has 5 rings (SSSR count). The zero-order chi connectivity index (χ0) is 33.5. The van der Waals surface area contributed by atoms with Gasteiger partial charge >= 0.3 is 0 Å². The van der Waals surface area contributed by atoms with Crippen LogP contribution in [0.25, 0.3) is 10.9 Å². The van der Waals surface area contributed by atoms with Crippen molar-refractivity contribution in [1.82, 2.24) is 14.4 Å². The van der Waals surface area contributed by atoms with E-state index in [4.69, 9.17) is 9.47 Å². The SMILES string of the molecule is COc1cc(C(=O)N(C)c2ccc(C)cc2OCCCCC(=C=O)N2CCN(C)CC2)ccc1NC(=O)c1cccc2c1ccn2C.Cl. The standard InChI is InChI=1S/C37H43N5O5.ClH/c1-26-12-15-33(35(23-26)47-22-7-6-9-28(25-43)42-20-18-39(2)19-21-42)41(4)37(45)27-13-14-31(34(24-27)46-5)38-36(44)30-10-8-11-32-29(30)16-17-40(32)3;/h8,10-17,23-24H,6-7,9,18-22H2,1-5H3,(H,38,44);1H. The van der Waals surface area contributed by atoms with Crippen molar-refractivity contribution in [3.8, 4) is 11.5 Å². The number of fused-ring (bicyclic) bond motifs is 1. The number of ether oxygens (including phenoxy) is 2. The number of rotatable bonds is 12. The highest BCUT2D eigenvalue weighted by Gasteiger charge is 2.21. The number of aryl methyl sites for hydroxylation is 2. The maximum atomic E-state index is 13.7. The molecule has 1 saturated heterocycles. The quantitative estimate of drug-likeness (QED) is 0.147. The molecule has 10 nitrogen and oxygen atoms in total. The predicted octanol–water partition coefficient (Wildman–Crippen LogP) is 5.96. The molecule has 1 fully saturated rings. The van der Waals surface area contributed by atoms with Gasteiger partial charge in [0.1, 0.15) is 17.4 Å². The van der Waals surface area contributed by atoms with Gasteiger partial charge in [0, 0.05) is 68.5 Å². The Morgan fingerprint density at radius 2 is 1.73 bits per heavy atom. The number of anilines is 2. The minimum atomic E-state index is -0.268. The van der Waals surface area contributed by atoms with Crippen LogP contribution in [0.2, 0.25) is 0 Å². The third-order valence-corrected chi connectivity index (χ3v) is 8.72. The van der Waals surface area contributed by atoms with Crippen molar-refractivity contribution in [2.24, 2.45) is 7.05 Å². The summed E-state index contributed by atoms with van der Waals surface area (Å²) in [5, 5.41) is 3.79. The fourth-order valence-corrected chi connectivity index (χ4v) is 5.86. The number of likely N-dealkylation sites (N-methyl/N-ethyl adjacent to an activating group) is 1. The van der Waals surface area contributed by atoms with Gasteiger partial charge in [0.15, 0.2) is 0 Å². The van der Waals surface area contributed by atoms with Crippen LogP contribution in [-0.4, -0.2) is 86.1 Å². The molecule has 0 spiro atoms. The number of nitrogens with zero attached hydrogens (tertiary/aromatic N) is 4. The summed E-state index contributed by atoms with van der Waals surface area (Å²) >= 11 is 0. The summed E-state index contributed by atoms with van der Waals surface area (Å²) in [6, 6.07) is 18.2. The van der Waals surface area contributed by atoms with Crippen LogP contribution < -0.4 is 19.7 Å². The van der Waals surface area contributed by atoms with Gasteiger partial charge in [-0.15, -0.1) is 12.4 Å². The first-order valence-corrected chi connectivity index (χ1v) is 15.9. The number of carbonyl (C=O) groups excluding carboxylic acids is 3. The lowest BCUT2D eigenvalue weighted by atomic mass is 10.1. The molecule has 0 unspecified atom stereocenters. The maximum absolute atomic E-state index is 13.7. The second-order valence-corrected chi connectivity index (χ2v) is 12.0. The Hall–Kier alpha value is -4.76. The highest BCUT2D eigenvalue weighted by Crippen LogP contribution is 2.32. The number of aromatic nitrogens is 1. The van der Waals surface area contributed by atoms with Crippen LogP contribution in [0, 0.1) is 6.92 Å². The number of hydrogen-bond donors (Lipinski definition) is 1. The largest absolute Gasteiger partial charge is 0.495 e. The lowest BCUT2D eigenvalue weighted by Crippen LogP contribution is -2.44. The van der Waals surface area contributed by atoms with Crippen molar-refractivity contribution in [2.75, 3.05) is 64.2 Å². The molecule has 0 atom stereocenters. The number of nitrogens with one attached hydrogen (secondary N) is 1. The summed E-state index contributed by atoms with van der Waals surface area (Å²) < 4.78 is 13.7. The second kappa shape index (κ2) is 16.4. The molecule has 1 N–H and O–H groups in total. The molecular weight excluding hydrogens is 630 g/mol. The lowest BCUT2D eigenvalue weighted by molar-refractivity contribution is 0.0990. The van der Waals surface area contributed by atoms with Crippen molar-refractivity contribution in [3.05, 3.63) is 89.2 Å². The molecule has 11 heteroatoms. The highest BCUT2D eigenvalue weighted by atomic mass is 35.5. The van der Waals surface area contributed by atoms with Gasteiger partial charge in [-0.25, -0.2) is 4.79 Å². The summed E-state index contributed by atoms with van der Waals surface area (Å²) in [6.45, 7) is 6.00. The van der Waals surface area contributed by atoms with Crippen molar-refractivity contribution in [2.45, 2.75) is 26.2 Å². The molecule has 2 amide bonds. The molecule has 4 aromatic rings. The molecule has 1 aromatic heterocycles. The number of hydrogen-bond acceptors (Lipinski definition) is 7. The van der Waals surface area contributed by atoms with E-state index in [-0.39, 0.29) is 24.2 Å². The number of halogens is 1. The molecule has 2 heterocycles. The summed E-state index contributed by atoms with van der Waals surface area (Å²) in [7, 11) is 7.24. The minimum absolute atomic E-state index is 0. The molecule has 48 heavy (non-hydrogen) atoms. The van der Waals surface area contributed by atoms with E-state index >= 15 is 0 Å². The van der Waals surface area contributed by atoms with Gasteiger partial charge in [-0.05, 0) is 87.3 Å². The number of carbonyl (C=O) groups is 2. The lowest BCUT2D eigenvalue weighted by Gasteiger charge is -2.34. The van der Waals surface area contributed by atoms with Crippen molar-refractivity contribution < 1.29 is 23.9 Å². The number of unbranched alkanes of at least 4 members (excludes halogenated alkanes) is 1. The Kier molecular flexibility index (Phi) is 12.3. The van der Waals surface area contributed by atoms with Crippen LogP contribution in [0.1, 0.15) is 45.5 Å². The van der Waals surface area contributed by atoms with Gasteiger partial charge < -0.3 is 34.1 Å². The van der Waals surface area contributed by atoms with Gasteiger partial charge in [-0.3, -0.25) is 9.59 Å². The third-order valence-electron chi connectivity index (χ3n) is 8.72. The van der Waals surface area contributed by atoms with Crippen LogP contribution in [0.4, 0.5) is 11.4 Å². The zero-order valence-electron chi connectivity index (χ0n) is 28.2. The molecule has 0 radical (unpaired) electrons. The van der Waals surface area contributed by atoms with Crippen LogP contribution in [0.15, 0.2) is 72.6 Å². The van der Waals surface area contributed by atoms with E-state index in [0.29, 0.717) is 47.0 Å². The first kappa shape index (κ1) is 36.1. The van der Waals surface area contributed by atoms with Gasteiger partial charge in [-0.2, -0.15) is 0 Å². The molecular formula is C37H44ClN5O5. The first-order valence-electron chi connectivity index (χ1n) is 15.9. The molecule has 1 aliphatic heterocycles. The number of methoxy groups -OCH3 is 1.